The number of β-amino-alcohol motifs (C(OH)–C–C–N with tert-alkyl or cyclic N) is 1. The van der Waals surface area contributed by atoms with Gasteiger partial charge in [0, 0.05) is 38.8 Å². The van der Waals surface area contributed by atoms with Crippen LogP contribution in [0.25, 0.3) is 0 Å². The second-order valence-corrected chi connectivity index (χ2v) is 6.05. The molecule has 110 valence electrons. The van der Waals surface area contributed by atoms with Gasteiger partial charge in [-0.25, -0.2) is 0 Å². The molecule has 2 aliphatic heterocycles. The van der Waals surface area contributed by atoms with Crippen LogP contribution < -0.4 is 5.73 Å². The minimum atomic E-state index is -0.394. The molecule has 2 heterocycles. The number of fused-ring (bicyclic) bond motifs is 1. The highest BCUT2D eigenvalue weighted by Crippen LogP contribution is 2.23. The van der Waals surface area contributed by atoms with Gasteiger partial charge in [0.15, 0.2) is 0 Å². The van der Waals surface area contributed by atoms with Gasteiger partial charge in [-0.05, 0) is 30.5 Å². The highest BCUT2D eigenvalue weighted by molar-refractivity contribution is 5.24. The Labute approximate surface area is 121 Å². The third kappa shape index (κ3) is 3.04. The highest BCUT2D eigenvalue weighted by atomic mass is 16.3. The number of aliphatic hydroxyl groups excluding tert-OH is 1. The summed E-state index contributed by atoms with van der Waals surface area (Å²) in [7, 11) is 0. The molecule has 1 aromatic carbocycles. The maximum atomic E-state index is 10.4. The minimum absolute atomic E-state index is 0.394. The van der Waals surface area contributed by atoms with E-state index in [4.69, 9.17) is 5.73 Å². The van der Waals surface area contributed by atoms with Crippen LogP contribution in [-0.4, -0.2) is 53.7 Å². The first-order valence-electron chi connectivity index (χ1n) is 7.69. The van der Waals surface area contributed by atoms with Crippen molar-refractivity contribution in [1.82, 2.24) is 9.80 Å². The van der Waals surface area contributed by atoms with E-state index < -0.39 is 6.10 Å². The topological polar surface area (TPSA) is 52.7 Å². The van der Waals surface area contributed by atoms with Gasteiger partial charge in [0.05, 0.1) is 6.10 Å². The summed E-state index contributed by atoms with van der Waals surface area (Å²) in [6.07, 6.45) is 2.26. The zero-order chi connectivity index (χ0) is 13.9. The van der Waals surface area contributed by atoms with Gasteiger partial charge < -0.3 is 10.8 Å². The standard InChI is InChI=1S/C16H25N3O/c17-10-13-3-5-14(6-4-13)16(20)12-18-8-9-19-7-1-2-15(19)11-18/h3-6,15-16,20H,1-2,7-12,17H2. The Balaban J connectivity index is 1.56. The number of rotatable bonds is 4. The van der Waals surface area contributed by atoms with Crippen molar-refractivity contribution in [2.24, 2.45) is 5.73 Å². The Morgan fingerprint density at radius 2 is 2.00 bits per heavy atom. The smallest absolute Gasteiger partial charge is 0.0916 e. The molecule has 0 aliphatic carbocycles. The van der Waals surface area contributed by atoms with Crippen LogP contribution in [0.5, 0.6) is 0 Å². The van der Waals surface area contributed by atoms with E-state index in [9.17, 15) is 5.11 Å². The first kappa shape index (κ1) is 14.0. The number of benzene rings is 1. The summed E-state index contributed by atoms with van der Waals surface area (Å²) in [4.78, 5) is 5.01. The maximum Gasteiger partial charge on any atom is 0.0916 e. The van der Waals surface area contributed by atoms with Crippen molar-refractivity contribution in [3.8, 4) is 0 Å². The molecule has 0 bridgehead atoms. The minimum Gasteiger partial charge on any atom is -0.387 e. The molecule has 3 rings (SSSR count). The number of hydrogen-bond acceptors (Lipinski definition) is 4. The van der Waals surface area contributed by atoms with Crippen molar-refractivity contribution in [3.63, 3.8) is 0 Å². The molecule has 3 N–H and O–H groups in total. The molecule has 20 heavy (non-hydrogen) atoms. The van der Waals surface area contributed by atoms with Gasteiger partial charge >= 0.3 is 0 Å². The molecule has 2 unspecified atom stereocenters. The van der Waals surface area contributed by atoms with Gasteiger partial charge in [0.25, 0.3) is 0 Å². The Morgan fingerprint density at radius 1 is 1.20 bits per heavy atom. The van der Waals surface area contributed by atoms with Gasteiger partial charge in [-0.2, -0.15) is 0 Å². The molecule has 0 aromatic heterocycles. The summed E-state index contributed by atoms with van der Waals surface area (Å²) in [6, 6.07) is 8.73. The third-order valence-corrected chi connectivity index (χ3v) is 4.70. The van der Waals surface area contributed by atoms with E-state index in [0.717, 1.165) is 43.3 Å². The largest absolute Gasteiger partial charge is 0.387 e. The molecule has 2 atom stereocenters. The van der Waals surface area contributed by atoms with Crippen LogP contribution in [0.1, 0.15) is 30.1 Å². The summed E-state index contributed by atoms with van der Waals surface area (Å²) < 4.78 is 0. The second-order valence-electron chi connectivity index (χ2n) is 6.05. The first-order chi connectivity index (χ1) is 9.76. The van der Waals surface area contributed by atoms with Crippen molar-refractivity contribution in [3.05, 3.63) is 35.4 Å². The van der Waals surface area contributed by atoms with Crippen molar-refractivity contribution in [1.29, 1.82) is 0 Å². The van der Waals surface area contributed by atoms with Gasteiger partial charge in [-0.1, -0.05) is 24.3 Å². The predicted octanol–water partition coefficient (Wildman–Crippen LogP) is 0.959. The van der Waals surface area contributed by atoms with E-state index >= 15 is 0 Å². The molecule has 1 aromatic rings. The van der Waals surface area contributed by atoms with Crippen LogP contribution >= 0.6 is 0 Å². The zero-order valence-electron chi connectivity index (χ0n) is 12.0. The van der Waals surface area contributed by atoms with E-state index in [1.54, 1.807) is 0 Å². The molecule has 4 heteroatoms. The summed E-state index contributed by atoms with van der Waals surface area (Å²) in [5.41, 5.74) is 7.71. The molecule has 0 spiro atoms. The normalized spacial score (nSPS) is 25.6. The summed E-state index contributed by atoms with van der Waals surface area (Å²) >= 11 is 0. The van der Waals surface area contributed by atoms with Gasteiger partial charge in [-0.3, -0.25) is 9.80 Å². The molecular weight excluding hydrogens is 250 g/mol. The van der Waals surface area contributed by atoms with Crippen LogP contribution in [0, 0.1) is 0 Å². The van der Waals surface area contributed by atoms with Crippen molar-refractivity contribution < 1.29 is 5.11 Å². The zero-order valence-corrected chi connectivity index (χ0v) is 12.0. The fraction of sp³-hybridized carbons (Fsp3) is 0.625. The van der Waals surface area contributed by atoms with E-state index in [-0.39, 0.29) is 0 Å². The van der Waals surface area contributed by atoms with Crippen molar-refractivity contribution in [2.45, 2.75) is 31.5 Å². The molecule has 0 saturated carbocycles. The molecule has 2 aliphatic rings. The molecule has 0 radical (unpaired) electrons. The number of hydrogen-bond donors (Lipinski definition) is 2. The van der Waals surface area contributed by atoms with E-state index in [2.05, 4.69) is 9.80 Å². The summed E-state index contributed by atoms with van der Waals surface area (Å²) in [5, 5.41) is 10.4. The van der Waals surface area contributed by atoms with Gasteiger partial charge in [-0.15, -0.1) is 0 Å². The monoisotopic (exact) mass is 275 g/mol. The quantitative estimate of drug-likeness (QED) is 0.859. The lowest BCUT2D eigenvalue weighted by Gasteiger charge is -2.38. The fourth-order valence-electron chi connectivity index (χ4n) is 3.45. The van der Waals surface area contributed by atoms with E-state index in [1.165, 1.54) is 19.4 Å². The Kier molecular flexibility index (Phi) is 4.36. The predicted molar refractivity (Wildman–Crippen MR) is 80.3 cm³/mol. The molecular formula is C16H25N3O. The maximum absolute atomic E-state index is 10.4. The SMILES string of the molecule is NCc1ccc(C(O)CN2CCN3CCCC3C2)cc1. The van der Waals surface area contributed by atoms with Crippen LogP contribution in [0.2, 0.25) is 0 Å². The first-order valence-corrected chi connectivity index (χ1v) is 7.69. The van der Waals surface area contributed by atoms with Crippen LogP contribution in [0.4, 0.5) is 0 Å². The van der Waals surface area contributed by atoms with Crippen LogP contribution in [0.15, 0.2) is 24.3 Å². The fourth-order valence-corrected chi connectivity index (χ4v) is 3.45. The van der Waals surface area contributed by atoms with Crippen molar-refractivity contribution >= 4 is 0 Å². The number of nitrogens with zero attached hydrogens (tertiary/aromatic N) is 2. The highest BCUT2D eigenvalue weighted by Gasteiger charge is 2.31. The summed E-state index contributed by atoms with van der Waals surface area (Å²) in [6.45, 7) is 5.91. The lowest BCUT2D eigenvalue weighted by molar-refractivity contribution is 0.0566. The average Bonchev–Trinajstić information content (AvgIpc) is 2.95. The number of piperazine rings is 1. The van der Waals surface area contributed by atoms with Gasteiger partial charge in [0.2, 0.25) is 0 Å². The second kappa shape index (κ2) is 6.22. The van der Waals surface area contributed by atoms with Gasteiger partial charge in [0.1, 0.15) is 0 Å². The lowest BCUT2D eigenvalue weighted by Crippen LogP contribution is -2.50. The number of nitrogens with two attached hydrogens (primary N) is 1. The Bertz CT molecular complexity index is 434. The average molecular weight is 275 g/mol. The van der Waals surface area contributed by atoms with E-state index in [1.807, 2.05) is 24.3 Å². The summed E-state index contributed by atoms with van der Waals surface area (Å²) in [5.74, 6) is 0. The Morgan fingerprint density at radius 3 is 2.75 bits per heavy atom. The third-order valence-electron chi connectivity index (χ3n) is 4.70. The van der Waals surface area contributed by atoms with E-state index in [0.29, 0.717) is 6.54 Å². The van der Waals surface area contributed by atoms with Crippen LogP contribution in [-0.2, 0) is 6.54 Å². The molecule has 4 nitrogen and oxygen atoms in total. The number of aliphatic hydroxyl groups is 1. The molecule has 2 saturated heterocycles. The Hall–Kier alpha value is -0.940. The van der Waals surface area contributed by atoms with Crippen molar-refractivity contribution in [2.75, 3.05) is 32.7 Å². The lowest BCUT2D eigenvalue weighted by atomic mass is 10.1. The molecule has 0 amide bonds. The molecule has 2 fully saturated rings. The van der Waals surface area contributed by atoms with Crippen LogP contribution in [0.3, 0.4) is 0 Å².